The third-order valence-electron chi connectivity index (χ3n) is 3.92. The molecule has 0 aliphatic carbocycles. The average molecular weight is 321 g/mol. The Morgan fingerprint density at radius 2 is 1.83 bits per heavy atom. The van der Waals surface area contributed by atoms with Crippen molar-refractivity contribution in [2.45, 2.75) is 6.92 Å². The number of methoxy groups -OCH3 is 1. The minimum absolute atomic E-state index is 0.265. The van der Waals surface area contributed by atoms with Crippen molar-refractivity contribution in [1.82, 2.24) is 24.5 Å². The molecule has 0 aliphatic rings. The van der Waals surface area contributed by atoms with Crippen LogP contribution in [0, 0.1) is 6.92 Å². The number of hydrogen-bond donors (Lipinski definition) is 1. The number of nitrogens with one attached hydrogen (secondary N) is 1. The Morgan fingerprint density at radius 3 is 2.50 bits per heavy atom. The van der Waals surface area contributed by atoms with Crippen molar-refractivity contribution in [3.8, 4) is 17.3 Å². The molecule has 0 saturated carbocycles. The maximum absolute atomic E-state index is 12.4. The van der Waals surface area contributed by atoms with Gasteiger partial charge in [0.2, 0.25) is 0 Å². The van der Waals surface area contributed by atoms with Crippen LogP contribution < -0.4 is 10.3 Å². The SMILES string of the molecule is COc1ccc(-n2nc3c(C)n[nH]c(=O)c3c2-n2cccc2)cc1. The van der Waals surface area contributed by atoms with E-state index >= 15 is 0 Å². The summed E-state index contributed by atoms with van der Waals surface area (Å²) in [6.07, 6.45) is 3.76. The maximum Gasteiger partial charge on any atom is 0.277 e. The molecule has 0 radical (unpaired) electrons. The number of aryl methyl sites for hydroxylation is 1. The first kappa shape index (κ1) is 14.3. The van der Waals surface area contributed by atoms with Gasteiger partial charge in [-0.1, -0.05) is 0 Å². The second-order valence-corrected chi connectivity index (χ2v) is 5.39. The van der Waals surface area contributed by atoms with E-state index in [2.05, 4.69) is 15.3 Å². The summed E-state index contributed by atoms with van der Waals surface area (Å²) < 4.78 is 8.82. The summed E-state index contributed by atoms with van der Waals surface area (Å²) in [7, 11) is 1.62. The summed E-state index contributed by atoms with van der Waals surface area (Å²) in [5.41, 5.74) is 1.82. The first-order valence-electron chi connectivity index (χ1n) is 7.45. The number of nitrogens with zero attached hydrogens (tertiary/aromatic N) is 4. The van der Waals surface area contributed by atoms with Crippen molar-refractivity contribution < 1.29 is 4.74 Å². The van der Waals surface area contributed by atoms with E-state index in [1.54, 1.807) is 11.8 Å². The van der Waals surface area contributed by atoms with Crippen LogP contribution >= 0.6 is 0 Å². The minimum atomic E-state index is -0.265. The molecular weight excluding hydrogens is 306 g/mol. The van der Waals surface area contributed by atoms with Gasteiger partial charge in [0.15, 0.2) is 5.82 Å². The second-order valence-electron chi connectivity index (χ2n) is 5.39. The van der Waals surface area contributed by atoms with E-state index in [4.69, 9.17) is 4.74 Å². The number of aromatic amines is 1. The molecular formula is C17H15N5O2. The zero-order valence-electron chi connectivity index (χ0n) is 13.2. The Hall–Kier alpha value is -3.35. The summed E-state index contributed by atoms with van der Waals surface area (Å²) in [5, 5.41) is 11.7. The van der Waals surface area contributed by atoms with Gasteiger partial charge in [-0.15, -0.1) is 0 Å². The van der Waals surface area contributed by atoms with Crippen molar-refractivity contribution in [2.24, 2.45) is 0 Å². The van der Waals surface area contributed by atoms with E-state index in [-0.39, 0.29) is 5.56 Å². The fraction of sp³-hybridized carbons (Fsp3) is 0.118. The number of fused-ring (bicyclic) bond motifs is 1. The van der Waals surface area contributed by atoms with Crippen LogP contribution in [0.25, 0.3) is 22.4 Å². The Kier molecular flexibility index (Phi) is 3.19. The highest BCUT2D eigenvalue weighted by Crippen LogP contribution is 2.25. The van der Waals surface area contributed by atoms with Crippen LogP contribution in [-0.4, -0.2) is 31.7 Å². The van der Waals surface area contributed by atoms with Crippen molar-refractivity contribution in [2.75, 3.05) is 7.11 Å². The van der Waals surface area contributed by atoms with Gasteiger partial charge in [-0.25, -0.2) is 9.78 Å². The van der Waals surface area contributed by atoms with Crippen LogP contribution in [-0.2, 0) is 0 Å². The summed E-state index contributed by atoms with van der Waals surface area (Å²) in [6, 6.07) is 11.3. The van der Waals surface area contributed by atoms with Crippen LogP contribution in [0.3, 0.4) is 0 Å². The smallest absolute Gasteiger partial charge is 0.277 e. The van der Waals surface area contributed by atoms with Crippen molar-refractivity contribution in [1.29, 1.82) is 0 Å². The minimum Gasteiger partial charge on any atom is -0.497 e. The van der Waals surface area contributed by atoms with Gasteiger partial charge in [-0.2, -0.15) is 10.2 Å². The van der Waals surface area contributed by atoms with Gasteiger partial charge in [0.05, 0.1) is 18.5 Å². The zero-order valence-corrected chi connectivity index (χ0v) is 13.2. The monoisotopic (exact) mass is 321 g/mol. The summed E-state index contributed by atoms with van der Waals surface area (Å²) in [5.74, 6) is 1.43. The number of hydrogen-bond acceptors (Lipinski definition) is 4. The molecule has 7 heteroatoms. The molecule has 0 aliphatic heterocycles. The Morgan fingerprint density at radius 1 is 1.12 bits per heavy atom. The summed E-state index contributed by atoms with van der Waals surface area (Å²) in [6.45, 7) is 1.82. The molecule has 3 aromatic heterocycles. The molecule has 0 fully saturated rings. The lowest BCUT2D eigenvalue weighted by molar-refractivity contribution is 0.414. The molecule has 1 N–H and O–H groups in total. The molecule has 0 saturated heterocycles. The summed E-state index contributed by atoms with van der Waals surface area (Å²) >= 11 is 0. The number of benzene rings is 1. The predicted molar refractivity (Wildman–Crippen MR) is 90.1 cm³/mol. The van der Waals surface area contributed by atoms with E-state index in [0.717, 1.165) is 11.4 Å². The molecule has 0 spiro atoms. The average Bonchev–Trinajstić information content (AvgIpc) is 3.26. The summed E-state index contributed by atoms with van der Waals surface area (Å²) in [4.78, 5) is 12.4. The third kappa shape index (κ3) is 2.10. The van der Waals surface area contributed by atoms with Crippen molar-refractivity contribution in [3.05, 3.63) is 64.8 Å². The molecule has 120 valence electrons. The quantitative estimate of drug-likeness (QED) is 0.627. The first-order valence-corrected chi connectivity index (χ1v) is 7.45. The molecule has 0 unspecified atom stereocenters. The van der Waals surface area contributed by atoms with E-state index in [0.29, 0.717) is 22.4 Å². The fourth-order valence-electron chi connectivity index (χ4n) is 2.73. The van der Waals surface area contributed by atoms with Gasteiger partial charge in [-0.3, -0.25) is 4.79 Å². The van der Waals surface area contributed by atoms with Crippen LogP contribution in [0.15, 0.2) is 53.6 Å². The predicted octanol–water partition coefficient (Wildman–Crippen LogP) is 2.22. The van der Waals surface area contributed by atoms with Crippen LogP contribution in [0.4, 0.5) is 0 Å². The lowest BCUT2D eigenvalue weighted by Crippen LogP contribution is -2.11. The topological polar surface area (TPSA) is 77.7 Å². The Balaban J connectivity index is 2.07. The van der Waals surface area contributed by atoms with E-state index in [1.165, 1.54) is 0 Å². The maximum atomic E-state index is 12.4. The van der Waals surface area contributed by atoms with Gasteiger partial charge in [0.25, 0.3) is 5.56 Å². The first-order chi connectivity index (χ1) is 11.7. The highest BCUT2D eigenvalue weighted by Gasteiger charge is 2.19. The van der Waals surface area contributed by atoms with E-state index in [1.807, 2.05) is 60.3 Å². The van der Waals surface area contributed by atoms with Gasteiger partial charge in [0, 0.05) is 12.4 Å². The number of H-pyrrole nitrogens is 1. The van der Waals surface area contributed by atoms with Crippen molar-refractivity contribution in [3.63, 3.8) is 0 Å². The van der Waals surface area contributed by atoms with Crippen LogP contribution in [0.1, 0.15) is 5.69 Å². The van der Waals surface area contributed by atoms with Crippen LogP contribution in [0.2, 0.25) is 0 Å². The molecule has 24 heavy (non-hydrogen) atoms. The molecule has 0 bridgehead atoms. The van der Waals surface area contributed by atoms with E-state index < -0.39 is 0 Å². The number of aromatic nitrogens is 5. The molecule has 4 rings (SSSR count). The molecule has 4 aromatic rings. The Bertz CT molecular complexity index is 1060. The van der Waals surface area contributed by atoms with E-state index in [9.17, 15) is 4.79 Å². The molecule has 3 heterocycles. The van der Waals surface area contributed by atoms with Crippen LogP contribution in [0.5, 0.6) is 5.75 Å². The highest BCUT2D eigenvalue weighted by molar-refractivity contribution is 5.87. The molecule has 0 amide bonds. The molecule has 0 atom stereocenters. The standard InChI is InChI=1S/C17H15N5O2/c1-11-15-14(16(23)19-18-11)17(21-9-3-4-10-21)22(20-15)12-5-7-13(24-2)8-6-12/h3-10H,1-2H3,(H,19,23). The third-order valence-corrected chi connectivity index (χ3v) is 3.92. The normalized spacial score (nSPS) is 11.1. The zero-order chi connectivity index (χ0) is 16.7. The Labute approximate surface area is 137 Å². The number of rotatable bonds is 3. The largest absolute Gasteiger partial charge is 0.497 e. The van der Waals surface area contributed by atoms with Gasteiger partial charge in [-0.05, 0) is 43.3 Å². The lowest BCUT2D eigenvalue weighted by atomic mass is 10.2. The molecule has 7 nitrogen and oxygen atoms in total. The number of ether oxygens (including phenoxy) is 1. The van der Waals surface area contributed by atoms with Gasteiger partial charge >= 0.3 is 0 Å². The van der Waals surface area contributed by atoms with Gasteiger partial charge < -0.3 is 9.30 Å². The fourth-order valence-corrected chi connectivity index (χ4v) is 2.73. The molecule has 1 aromatic carbocycles. The lowest BCUT2D eigenvalue weighted by Gasteiger charge is -2.09. The second kappa shape index (κ2) is 5.38. The van der Waals surface area contributed by atoms with Gasteiger partial charge in [0.1, 0.15) is 16.7 Å². The highest BCUT2D eigenvalue weighted by atomic mass is 16.5. The van der Waals surface area contributed by atoms with Crippen molar-refractivity contribution >= 4 is 10.9 Å².